The molecule has 0 aliphatic rings. The number of benzene rings is 1. The number of aromatic amines is 1. The summed E-state index contributed by atoms with van der Waals surface area (Å²) in [5, 5.41) is 17.2. The van der Waals surface area contributed by atoms with Crippen LogP contribution in [0.15, 0.2) is 48.7 Å². The molecule has 0 spiro atoms. The van der Waals surface area contributed by atoms with Crippen LogP contribution in [0.5, 0.6) is 0 Å². The van der Waals surface area contributed by atoms with E-state index in [1.165, 1.54) is 0 Å². The molecule has 3 rings (SSSR count). The highest BCUT2D eigenvalue weighted by molar-refractivity contribution is 5.61. The van der Waals surface area contributed by atoms with Crippen molar-refractivity contribution in [3.05, 3.63) is 54.4 Å². The zero-order valence-corrected chi connectivity index (χ0v) is 10.1. The fourth-order valence-corrected chi connectivity index (χ4v) is 1.75. The summed E-state index contributed by atoms with van der Waals surface area (Å²) < 4.78 is 0. The standard InChI is InChI=1S/C13H12N6/c1-2-7-14-12(5-1)9-15-11-6-3-4-10(8-11)13-16-18-19-17-13/h1-8,15H,9H2,(H,16,17,18,19). The van der Waals surface area contributed by atoms with Crippen LogP contribution in [0, 0.1) is 0 Å². The van der Waals surface area contributed by atoms with Crippen molar-refractivity contribution in [3.63, 3.8) is 0 Å². The highest BCUT2D eigenvalue weighted by Crippen LogP contribution is 2.18. The van der Waals surface area contributed by atoms with Gasteiger partial charge in [-0.3, -0.25) is 4.98 Å². The fourth-order valence-electron chi connectivity index (χ4n) is 1.75. The minimum atomic E-state index is 0.585. The molecule has 19 heavy (non-hydrogen) atoms. The topological polar surface area (TPSA) is 79.4 Å². The van der Waals surface area contributed by atoms with Crippen molar-refractivity contribution in [2.45, 2.75) is 6.54 Å². The Morgan fingerprint density at radius 1 is 1.11 bits per heavy atom. The molecule has 6 nitrogen and oxygen atoms in total. The summed E-state index contributed by atoms with van der Waals surface area (Å²) >= 11 is 0. The van der Waals surface area contributed by atoms with E-state index >= 15 is 0 Å². The molecule has 94 valence electrons. The monoisotopic (exact) mass is 252 g/mol. The third kappa shape index (κ3) is 2.74. The van der Waals surface area contributed by atoms with Gasteiger partial charge in [0.25, 0.3) is 0 Å². The summed E-state index contributed by atoms with van der Waals surface area (Å²) in [4.78, 5) is 4.26. The summed E-state index contributed by atoms with van der Waals surface area (Å²) in [5.41, 5.74) is 2.90. The Morgan fingerprint density at radius 3 is 2.89 bits per heavy atom. The fraction of sp³-hybridized carbons (Fsp3) is 0.0769. The van der Waals surface area contributed by atoms with Gasteiger partial charge in [-0.25, -0.2) is 0 Å². The number of nitrogens with one attached hydrogen (secondary N) is 2. The van der Waals surface area contributed by atoms with E-state index in [-0.39, 0.29) is 0 Å². The molecule has 0 aliphatic heterocycles. The van der Waals surface area contributed by atoms with Crippen LogP contribution in [0.2, 0.25) is 0 Å². The van der Waals surface area contributed by atoms with Gasteiger partial charge in [0.05, 0.1) is 12.2 Å². The molecule has 0 aliphatic carbocycles. The predicted octanol–water partition coefficient (Wildman–Crippen LogP) is 1.87. The van der Waals surface area contributed by atoms with Gasteiger partial charge in [-0.2, -0.15) is 5.21 Å². The molecular weight excluding hydrogens is 240 g/mol. The summed E-state index contributed by atoms with van der Waals surface area (Å²) in [6.07, 6.45) is 1.78. The van der Waals surface area contributed by atoms with Crippen molar-refractivity contribution in [1.29, 1.82) is 0 Å². The Hall–Kier alpha value is -2.76. The molecule has 0 radical (unpaired) electrons. The van der Waals surface area contributed by atoms with Gasteiger partial charge >= 0.3 is 0 Å². The van der Waals surface area contributed by atoms with Crippen LogP contribution in [-0.2, 0) is 6.54 Å². The predicted molar refractivity (Wildman–Crippen MR) is 71.2 cm³/mol. The van der Waals surface area contributed by atoms with E-state index in [1.54, 1.807) is 6.20 Å². The first-order chi connectivity index (χ1) is 9.42. The second-order valence-corrected chi connectivity index (χ2v) is 3.99. The lowest BCUT2D eigenvalue weighted by atomic mass is 10.2. The maximum atomic E-state index is 4.26. The Labute approximate surface area is 109 Å². The van der Waals surface area contributed by atoms with Gasteiger partial charge < -0.3 is 5.32 Å². The van der Waals surface area contributed by atoms with Crippen molar-refractivity contribution in [2.75, 3.05) is 5.32 Å². The number of rotatable bonds is 4. The number of aromatic nitrogens is 5. The summed E-state index contributed by atoms with van der Waals surface area (Å²) in [5.74, 6) is 0.585. The number of tetrazole rings is 1. The molecule has 1 aromatic carbocycles. The van der Waals surface area contributed by atoms with Gasteiger partial charge in [-0.1, -0.05) is 18.2 Å². The summed E-state index contributed by atoms with van der Waals surface area (Å²) in [6, 6.07) is 13.7. The van der Waals surface area contributed by atoms with Gasteiger partial charge in [-0.05, 0) is 29.5 Å². The summed E-state index contributed by atoms with van der Waals surface area (Å²) in [7, 11) is 0. The van der Waals surface area contributed by atoms with E-state index in [0.717, 1.165) is 16.9 Å². The molecular formula is C13H12N6. The van der Waals surface area contributed by atoms with Crippen LogP contribution in [-0.4, -0.2) is 25.6 Å². The number of H-pyrrole nitrogens is 1. The van der Waals surface area contributed by atoms with E-state index in [2.05, 4.69) is 30.9 Å². The van der Waals surface area contributed by atoms with Gasteiger partial charge in [0, 0.05) is 17.4 Å². The van der Waals surface area contributed by atoms with Gasteiger partial charge in [0.15, 0.2) is 0 Å². The second-order valence-electron chi connectivity index (χ2n) is 3.99. The Bertz CT molecular complexity index is 635. The minimum absolute atomic E-state index is 0.585. The number of hydrogen-bond donors (Lipinski definition) is 2. The third-order valence-corrected chi connectivity index (χ3v) is 2.67. The number of pyridine rings is 1. The zero-order chi connectivity index (χ0) is 12.9. The maximum Gasteiger partial charge on any atom is 0.204 e. The summed E-state index contributed by atoms with van der Waals surface area (Å²) in [6.45, 7) is 0.677. The molecule has 0 saturated carbocycles. The first-order valence-electron chi connectivity index (χ1n) is 5.89. The van der Waals surface area contributed by atoms with Gasteiger partial charge in [0.2, 0.25) is 5.82 Å². The Morgan fingerprint density at radius 2 is 2.11 bits per heavy atom. The Kier molecular flexibility index (Phi) is 3.14. The van der Waals surface area contributed by atoms with Crippen molar-refractivity contribution in [2.24, 2.45) is 0 Å². The molecule has 0 saturated heterocycles. The number of nitrogens with zero attached hydrogens (tertiary/aromatic N) is 4. The lowest BCUT2D eigenvalue weighted by molar-refractivity contribution is 0.881. The smallest absolute Gasteiger partial charge is 0.204 e. The average Bonchev–Trinajstić information content (AvgIpc) is 3.01. The lowest BCUT2D eigenvalue weighted by Crippen LogP contribution is -2.01. The number of hydrogen-bond acceptors (Lipinski definition) is 5. The van der Waals surface area contributed by atoms with E-state index in [0.29, 0.717) is 12.4 Å². The highest BCUT2D eigenvalue weighted by Gasteiger charge is 2.03. The van der Waals surface area contributed by atoms with Crippen LogP contribution in [0.25, 0.3) is 11.4 Å². The van der Waals surface area contributed by atoms with Crippen LogP contribution < -0.4 is 5.32 Å². The second kappa shape index (κ2) is 5.26. The van der Waals surface area contributed by atoms with Crippen LogP contribution >= 0.6 is 0 Å². The normalized spacial score (nSPS) is 10.3. The maximum absolute atomic E-state index is 4.26. The van der Waals surface area contributed by atoms with Crippen molar-refractivity contribution >= 4 is 5.69 Å². The Balaban J connectivity index is 1.74. The quantitative estimate of drug-likeness (QED) is 0.741. The van der Waals surface area contributed by atoms with Crippen LogP contribution in [0.4, 0.5) is 5.69 Å². The largest absolute Gasteiger partial charge is 0.379 e. The highest BCUT2D eigenvalue weighted by atomic mass is 15.5. The van der Waals surface area contributed by atoms with E-state index in [4.69, 9.17) is 0 Å². The SMILES string of the molecule is c1ccc(CNc2cccc(-c3nn[nH]n3)c2)nc1. The van der Waals surface area contributed by atoms with E-state index in [9.17, 15) is 0 Å². The van der Waals surface area contributed by atoms with Crippen molar-refractivity contribution in [3.8, 4) is 11.4 Å². The molecule has 0 bridgehead atoms. The van der Waals surface area contributed by atoms with Gasteiger partial charge in [0.1, 0.15) is 0 Å². The first kappa shape index (κ1) is 11.3. The molecule has 0 unspecified atom stereocenters. The lowest BCUT2D eigenvalue weighted by Gasteiger charge is -2.06. The zero-order valence-electron chi connectivity index (χ0n) is 10.1. The van der Waals surface area contributed by atoms with E-state index in [1.807, 2.05) is 42.5 Å². The first-order valence-corrected chi connectivity index (χ1v) is 5.89. The van der Waals surface area contributed by atoms with E-state index < -0.39 is 0 Å². The molecule has 2 N–H and O–H groups in total. The molecule has 0 fully saturated rings. The van der Waals surface area contributed by atoms with Gasteiger partial charge in [-0.15, -0.1) is 10.2 Å². The van der Waals surface area contributed by atoms with Crippen LogP contribution in [0.3, 0.4) is 0 Å². The molecule has 0 atom stereocenters. The average molecular weight is 252 g/mol. The molecule has 3 aromatic rings. The molecule has 6 heteroatoms. The third-order valence-electron chi connectivity index (χ3n) is 2.67. The van der Waals surface area contributed by atoms with Crippen LogP contribution in [0.1, 0.15) is 5.69 Å². The molecule has 2 heterocycles. The molecule has 2 aromatic heterocycles. The minimum Gasteiger partial charge on any atom is -0.379 e. The number of anilines is 1. The van der Waals surface area contributed by atoms with Crippen molar-refractivity contribution in [1.82, 2.24) is 25.6 Å². The van der Waals surface area contributed by atoms with Crippen molar-refractivity contribution < 1.29 is 0 Å². The molecule has 0 amide bonds.